The van der Waals surface area contributed by atoms with E-state index in [0.717, 1.165) is 6.07 Å². The minimum absolute atomic E-state index is 0.195. The number of hydrogen-bond donors (Lipinski definition) is 0. The van der Waals surface area contributed by atoms with E-state index in [0.29, 0.717) is 17.5 Å². The van der Waals surface area contributed by atoms with Crippen LogP contribution in [-0.2, 0) is 5.41 Å². The zero-order valence-electron chi connectivity index (χ0n) is 11.0. The Labute approximate surface area is 116 Å². The Balaban J connectivity index is 2.26. The average molecular weight is 268 g/mol. The molecule has 2 nitrogen and oxygen atoms in total. The first kappa shape index (κ1) is 12.7. The lowest BCUT2D eigenvalue weighted by molar-refractivity contribution is 0.0789. The van der Waals surface area contributed by atoms with Crippen molar-refractivity contribution in [1.82, 2.24) is 0 Å². The molecule has 0 aromatic heterocycles. The van der Waals surface area contributed by atoms with Crippen LogP contribution in [0.5, 0.6) is 0 Å². The number of carbonyl (C=O) groups is 2. The summed E-state index contributed by atoms with van der Waals surface area (Å²) in [5.74, 6) is -1.03. The third-order valence-corrected chi connectivity index (χ3v) is 4.04. The van der Waals surface area contributed by atoms with Gasteiger partial charge in [-0.3, -0.25) is 9.59 Å². The maximum Gasteiger partial charge on any atom is 0.182 e. The Morgan fingerprint density at radius 1 is 0.950 bits per heavy atom. The largest absolute Gasteiger partial charge is 0.293 e. The lowest BCUT2D eigenvalue weighted by atomic mass is 9.74. The fourth-order valence-corrected chi connectivity index (χ4v) is 2.98. The summed E-state index contributed by atoms with van der Waals surface area (Å²) >= 11 is 0. The van der Waals surface area contributed by atoms with Crippen LogP contribution in [0.25, 0.3) is 0 Å². The fourth-order valence-electron chi connectivity index (χ4n) is 2.98. The molecule has 0 amide bonds. The maximum absolute atomic E-state index is 13.4. The van der Waals surface area contributed by atoms with Crippen molar-refractivity contribution in [2.24, 2.45) is 0 Å². The predicted molar refractivity (Wildman–Crippen MR) is 73.5 cm³/mol. The average Bonchev–Trinajstić information content (AvgIpc) is 2.69. The standard InChI is InChI=1S/C17H13FO2/c1-2-17(11-6-4-3-5-7-11)15(19)13-9-8-12(18)10-14(13)16(17)20/h3-10H,2H2,1H3. The summed E-state index contributed by atoms with van der Waals surface area (Å²) in [7, 11) is 0. The monoisotopic (exact) mass is 268 g/mol. The molecule has 0 fully saturated rings. The van der Waals surface area contributed by atoms with Crippen molar-refractivity contribution in [2.45, 2.75) is 18.8 Å². The smallest absolute Gasteiger partial charge is 0.182 e. The number of hydrogen-bond acceptors (Lipinski definition) is 2. The molecule has 0 heterocycles. The molecule has 1 atom stereocenters. The highest BCUT2D eigenvalue weighted by atomic mass is 19.1. The molecule has 3 rings (SSSR count). The molecule has 1 aliphatic rings. The predicted octanol–water partition coefficient (Wildman–Crippen LogP) is 3.55. The summed E-state index contributed by atoms with van der Waals surface area (Å²) in [5.41, 5.74) is -0.00545. The first-order valence-electron chi connectivity index (χ1n) is 6.56. The van der Waals surface area contributed by atoms with E-state index in [-0.39, 0.29) is 17.1 Å². The summed E-state index contributed by atoms with van der Waals surface area (Å²) in [4.78, 5) is 25.5. The second kappa shape index (κ2) is 4.37. The van der Waals surface area contributed by atoms with Gasteiger partial charge in [0.15, 0.2) is 11.6 Å². The third kappa shape index (κ3) is 1.49. The lowest BCUT2D eigenvalue weighted by Crippen LogP contribution is -2.37. The van der Waals surface area contributed by atoms with Crippen LogP contribution in [-0.4, -0.2) is 11.6 Å². The van der Waals surface area contributed by atoms with Gasteiger partial charge in [-0.1, -0.05) is 37.3 Å². The van der Waals surface area contributed by atoms with E-state index >= 15 is 0 Å². The number of halogens is 1. The normalized spacial score (nSPS) is 21.1. The van der Waals surface area contributed by atoms with Crippen molar-refractivity contribution in [3.05, 3.63) is 71.0 Å². The van der Waals surface area contributed by atoms with Gasteiger partial charge in [-0.2, -0.15) is 0 Å². The van der Waals surface area contributed by atoms with Gasteiger partial charge < -0.3 is 0 Å². The van der Waals surface area contributed by atoms with Gasteiger partial charge in [0, 0.05) is 11.1 Å². The van der Waals surface area contributed by atoms with Crippen LogP contribution in [0.1, 0.15) is 39.6 Å². The van der Waals surface area contributed by atoms with E-state index < -0.39 is 11.2 Å². The van der Waals surface area contributed by atoms with Gasteiger partial charge in [-0.15, -0.1) is 0 Å². The van der Waals surface area contributed by atoms with E-state index in [1.165, 1.54) is 12.1 Å². The Morgan fingerprint density at radius 3 is 2.25 bits per heavy atom. The maximum atomic E-state index is 13.4. The number of fused-ring (bicyclic) bond motifs is 1. The molecule has 1 unspecified atom stereocenters. The number of Topliss-reactive ketones (excluding diaryl/α,β-unsaturated/α-hetero) is 2. The van der Waals surface area contributed by atoms with E-state index in [9.17, 15) is 14.0 Å². The van der Waals surface area contributed by atoms with Crippen molar-refractivity contribution in [3.63, 3.8) is 0 Å². The molecule has 0 spiro atoms. The molecular weight excluding hydrogens is 255 g/mol. The summed E-state index contributed by atoms with van der Waals surface area (Å²) < 4.78 is 13.4. The topological polar surface area (TPSA) is 34.1 Å². The molecule has 100 valence electrons. The zero-order valence-corrected chi connectivity index (χ0v) is 11.0. The van der Waals surface area contributed by atoms with Crippen molar-refractivity contribution in [2.75, 3.05) is 0 Å². The SMILES string of the molecule is CCC1(c2ccccc2)C(=O)c2ccc(F)cc2C1=O. The summed E-state index contributed by atoms with van der Waals surface area (Å²) in [6.07, 6.45) is 0.366. The van der Waals surface area contributed by atoms with Crippen LogP contribution < -0.4 is 0 Å². The zero-order chi connectivity index (χ0) is 14.3. The molecule has 3 heteroatoms. The van der Waals surface area contributed by atoms with Crippen LogP contribution in [0, 0.1) is 5.82 Å². The first-order valence-corrected chi connectivity index (χ1v) is 6.56. The highest BCUT2D eigenvalue weighted by Crippen LogP contribution is 2.42. The minimum Gasteiger partial charge on any atom is -0.293 e. The molecule has 0 aliphatic heterocycles. The number of carbonyl (C=O) groups excluding carboxylic acids is 2. The van der Waals surface area contributed by atoms with E-state index in [4.69, 9.17) is 0 Å². The molecular formula is C17H13FO2. The first-order chi connectivity index (χ1) is 9.61. The number of rotatable bonds is 2. The molecule has 0 radical (unpaired) electrons. The van der Waals surface area contributed by atoms with Crippen LogP contribution in [0.2, 0.25) is 0 Å². The van der Waals surface area contributed by atoms with E-state index in [1.54, 1.807) is 24.3 Å². The lowest BCUT2D eigenvalue weighted by Gasteiger charge is -2.24. The number of benzene rings is 2. The highest BCUT2D eigenvalue weighted by Gasteiger charge is 2.52. The van der Waals surface area contributed by atoms with Crippen LogP contribution in [0.3, 0.4) is 0 Å². The van der Waals surface area contributed by atoms with Crippen molar-refractivity contribution in [1.29, 1.82) is 0 Å². The summed E-state index contributed by atoms with van der Waals surface area (Å²) in [5, 5.41) is 0. The van der Waals surface area contributed by atoms with Crippen LogP contribution in [0.4, 0.5) is 4.39 Å². The van der Waals surface area contributed by atoms with Crippen LogP contribution in [0.15, 0.2) is 48.5 Å². The molecule has 0 saturated heterocycles. The van der Waals surface area contributed by atoms with Gasteiger partial charge in [0.05, 0.1) is 0 Å². The van der Waals surface area contributed by atoms with Gasteiger partial charge in [0.2, 0.25) is 0 Å². The Hall–Kier alpha value is -2.29. The second-order valence-corrected chi connectivity index (χ2v) is 4.97. The fraction of sp³-hybridized carbons (Fsp3) is 0.176. The Kier molecular flexibility index (Phi) is 2.78. The van der Waals surface area contributed by atoms with Crippen molar-refractivity contribution >= 4 is 11.6 Å². The summed E-state index contributed by atoms with van der Waals surface area (Å²) in [6.45, 7) is 1.81. The Morgan fingerprint density at radius 2 is 1.60 bits per heavy atom. The molecule has 0 bridgehead atoms. The quantitative estimate of drug-likeness (QED) is 0.780. The third-order valence-electron chi connectivity index (χ3n) is 4.04. The van der Waals surface area contributed by atoms with E-state index in [1.807, 2.05) is 13.0 Å². The van der Waals surface area contributed by atoms with Gasteiger partial charge >= 0.3 is 0 Å². The van der Waals surface area contributed by atoms with Crippen molar-refractivity contribution < 1.29 is 14.0 Å². The van der Waals surface area contributed by atoms with Gasteiger partial charge in [0.25, 0.3) is 0 Å². The van der Waals surface area contributed by atoms with Gasteiger partial charge in [0.1, 0.15) is 11.2 Å². The van der Waals surface area contributed by atoms with Gasteiger partial charge in [-0.25, -0.2) is 4.39 Å². The molecule has 20 heavy (non-hydrogen) atoms. The molecule has 0 saturated carbocycles. The molecule has 0 N–H and O–H groups in total. The second-order valence-electron chi connectivity index (χ2n) is 4.97. The highest BCUT2D eigenvalue weighted by molar-refractivity contribution is 6.33. The Bertz CT molecular complexity index is 706. The summed E-state index contributed by atoms with van der Waals surface area (Å²) in [6, 6.07) is 12.8. The molecule has 2 aromatic carbocycles. The van der Waals surface area contributed by atoms with Crippen molar-refractivity contribution in [3.8, 4) is 0 Å². The minimum atomic E-state index is -1.20. The van der Waals surface area contributed by atoms with Gasteiger partial charge in [-0.05, 0) is 30.2 Å². The number of ketones is 2. The molecule has 1 aliphatic carbocycles. The van der Waals surface area contributed by atoms with E-state index in [2.05, 4.69) is 0 Å². The molecule has 2 aromatic rings. The van der Waals surface area contributed by atoms with Crippen LogP contribution >= 0.6 is 0 Å².